The Balaban J connectivity index is 1.54. The number of aliphatic imine (C=N–C) groups is 1. The summed E-state index contributed by atoms with van der Waals surface area (Å²) in [5.41, 5.74) is 1.31. The van der Waals surface area contributed by atoms with Gasteiger partial charge in [-0.2, -0.15) is 5.10 Å². The number of nitrogens with one attached hydrogen (secondary N) is 2. The number of benzene rings is 1. The average Bonchev–Trinajstić information content (AvgIpc) is 3.31. The van der Waals surface area contributed by atoms with Crippen LogP contribution in [0.25, 0.3) is 0 Å². The molecule has 1 atom stereocenters. The first-order valence-electron chi connectivity index (χ1n) is 11.8. The van der Waals surface area contributed by atoms with Crippen molar-refractivity contribution in [2.45, 2.75) is 69.9 Å². The van der Waals surface area contributed by atoms with E-state index in [0.29, 0.717) is 6.04 Å². The van der Waals surface area contributed by atoms with Gasteiger partial charge in [-0.05, 0) is 43.9 Å². The van der Waals surface area contributed by atoms with E-state index in [2.05, 4.69) is 39.8 Å². The van der Waals surface area contributed by atoms with Gasteiger partial charge in [-0.25, -0.2) is 9.67 Å². The molecule has 4 rings (SSSR count). The van der Waals surface area contributed by atoms with Gasteiger partial charge in [0.2, 0.25) is 0 Å². The van der Waals surface area contributed by atoms with Crippen molar-refractivity contribution in [2.24, 2.45) is 4.99 Å². The molecule has 1 aromatic carbocycles. The van der Waals surface area contributed by atoms with Gasteiger partial charge in [-0.15, -0.1) is 0 Å². The lowest BCUT2D eigenvalue weighted by Crippen LogP contribution is -2.47. The van der Waals surface area contributed by atoms with E-state index in [9.17, 15) is 0 Å². The Morgan fingerprint density at radius 1 is 1.19 bits per heavy atom. The molecular weight excluding hydrogens is 404 g/mol. The number of hydrogen-bond acceptors (Lipinski definition) is 5. The first-order valence-corrected chi connectivity index (χ1v) is 11.8. The molecule has 0 bridgehead atoms. The maximum Gasteiger partial charge on any atom is 0.191 e. The van der Waals surface area contributed by atoms with Crippen molar-refractivity contribution in [3.63, 3.8) is 0 Å². The molecule has 1 fully saturated rings. The number of guanidine groups is 1. The Hall–Kier alpha value is -2.77. The van der Waals surface area contributed by atoms with Crippen LogP contribution >= 0.6 is 0 Å². The van der Waals surface area contributed by atoms with Crippen LogP contribution in [0.15, 0.2) is 29.5 Å². The predicted molar refractivity (Wildman–Crippen MR) is 126 cm³/mol. The summed E-state index contributed by atoms with van der Waals surface area (Å²) < 4.78 is 13.1. The van der Waals surface area contributed by atoms with Crippen molar-refractivity contribution in [3.05, 3.63) is 35.9 Å². The van der Waals surface area contributed by atoms with Crippen LogP contribution in [0, 0.1) is 0 Å². The Morgan fingerprint density at radius 2 is 2.00 bits per heavy atom. The van der Waals surface area contributed by atoms with Crippen LogP contribution < -0.4 is 20.1 Å². The van der Waals surface area contributed by atoms with Crippen molar-refractivity contribution in [2.75, 3.05) is 27.3 Å². The zero-order valence-corrected chi connectivity index (χ0v) is 19.6. The lowest BCUT2D eigenvalue weighted by Gasteiger charge is -2.37. The molecule has 1 saturated carbocycles. The highest BCUT2D eigenvalue weighted by Gasteiger charge is 2.35. The third-order valence-electron chi connectivity index (χ3n) is 6.84. The number of aryl methyl sites for hydroxylation is 1. The van der Waals surface area contributed by atoms with E-state index in [1.54, 1.807) is 20.5 Å². The largest absolute Gasteiger partial charge is 0.493 e. The second-order valence-corrected chi connectivity index (χ2v) is 8.84. The van der Waals surface area contributed by atoms with E-state index in [1.807, 2.05) is 10.7 Å². The quantitative estimate of drug-likeness (QED) is 0.508. The van der Waals surface area contributed by atoms with Crippen molar-refractivity contribution in [1.82, 2.24) is 25.4 Å². The van der Waals surface area contributed by atoms with Gasteiger partial charge in [-0.1, -0.05) is 25.3 Å². The van der Waals surface area contributed by atoms with E-state index in [0.717, 1.165) is 68.6 Å². The Bertz CT molecular complexity index is 919. The minimum Gasteiger partial charge on any atom is -0.493 e. The Kier molecular flexibility index (Phi) is 7.17. The second-order valence-electron chi connectivity index (χ2n) is 8.84. The molecule has 1 unspecified atom stereocenters. The maximum absolute atomic E-state index is 5.60. The van der Waals surface area contributed by atoms with Crippen molar-refractivity contribution in [3.8, 4) is 11.5 Å². The van der Waals surface area contributed by atoms with E-state index in [-0.39, 0.29) is 5.41 Å². The van der Waals surface area contributed by atoms with Crippen LogP contribution in [0.5, 0.6) is 11.5 Å². The number of nitrogens with zero attached hydrogens (tertiary/aromatic N) is 4. The van der Waals surface area contributed by atoms with E-state index < -0.39 is 0 Å². The van der Waals surface area contributed by atoms with Gasteiger partial charge >= 0.3 is 0 Å². The number of methoxy groups -OCH3 is 2. The minimum absolute atomic E-state index is 0.0196. The number of aromatic nitrogens is 3. The monoisotopic (exact) mass is 440 g/mol. The molecule has 2 heterocycles. The van der Waals surface area contributed by atoms with Crippen molar-refractivity contribution < 1.29 is 9.47 Å². The van der Waals surface area contributed by atoms with Gasteiger partial charge in [0.05, 0.1) is 27.3 Å². The Labute approximate surface area is 190 Å². The summed E-state index contributed by atoms with van der Waals surface area (Å²) in [4.78, 5) is 9.43. The normalized spacial score (nSPS) is 20.3. The van der Waals surface area contributed by atoms with Crippen LogP contribution in [0.2, 0.25) is 0 Å². The molecule has 0 spiro atoms. The average molecular weight is 441 g/mol. The fourth-order valence-corrected chi connectivity index (χ4v) is 5.03. The first-order chi connectivity index (χ1) is 15.7. The summed E-state index contributed by atoms with van der Waals surface area (Å²) >= 11 is 0. The summed E-state index contributed by atoms with van der Waals surface area (Å²) in [5, 5.41) is 11.4. The molecule has 0 amide bonds. The Morgan fingerprint density at radius 3 is 2.75 bits per heavy atom. The highest BCUT2D eigenvalue weighted by atomic mass is 16.5. The molecule has 174 valence electrons. The molecular formula is C24H36N6O2. The van der Waals surface area contributed by atoms with E-state index >= 15 is 0 Å². The lowest BCUT2D eigenvalue weighted by atomic mass is 9.69. The molecule has 1 aliphatic carbocycles. The van der Waals surface area contributed by atoms with Crippen LogP contribution in [-0.4, -0.2) is 54.1 Å². The van der Waals surface area contributed by atoms with E-state index in [4.69, 9.17) is 14.5 Å². The molecule has 2 N–H and O–H groups in total. The van der Waals surface area contributed by atoms with Crippen LogP contribution in [-0.2, 0) is 18.4 Å². The summed E-state index contributed by atoms with van der Waals surface area (Å²) in [5.74, 6) is 3.51. The van der Waals surface area contributed by atoms with Gasteiger partial charge in [0.1, 0.15) is 12.2 Å². The highest BCUT2D eigenvalue weighted by Crippen LogP contribution is 2.42. The maximum atomic E-state index is 5.60. The lowest BCUT2D eigenvalue weighted by molar-refractivity contribution is 0.297. The van der Waals surface area contributed by atoms with Gasteiger partial charge in [0, 0.05) is 24.4 Å². The van der Waals surface area contributed by atoms with Crippen LogP contribution in [0.4, 0.5) is 0 Å². The minimum atomic E-state index is 0.0196. The summed E-state index contributed by atoms with van der Waals surface area (Å²) in [7, 11) is 3.38. The number of ether oxygens (including phenoxy) is 2. The number of fused-ring (bicyclic) bond motifs is 1. The first kappa shape index (κ1) is 22.4. The zero-order valence-electron chi connectivity index (χ0n) is 19.6. The molecule has 1 aromatic heterocycles. The summed E-state index contributed by atoms with van der Waals surface area (Å²) in [6.45, 7) is 4.51. The molecule has 0 radical (unpaired) electrons. The molecule has 2 aromatic rings. The van der Waals surface area contributed by atoms with Gasteiger partial charge in [0.25, 0.3) is 0 Å². The standard InChI is InChI=1S/C24H36N6O2/c1-4-25-23(29-19-9-11-22-27-17-28-30(22)15-19)26-16-24(12-6-5-7-13-24)18-8-10-20(31-2)21(14-18)32-3/h8,10,14,17,19H,4-7,9,11-13,15-16H2,1-3H3,(H2,25,26,29). The third kappa shape index (κ3) is 4.84. The molecule has 0 saturated heterocycles. The van der Waals surface area contributed by atoms with Crippen LogP contribution in [0.3, 0.4) is 0 Å². The fraction of sp³-hybridized carbons (Fsp3) is 0.625. The van der Waals surface area contributed by atoms with Gasteiger partial charge in [-0.3, -0.25) is 4.99 Å². The molecule has 1 aliphatic heterocycles. The topological polar surface area (TPSA) is 85.6 Å². The van der Waals surface area contributed by atoms with Crippen molar-refractivity contribution in [1.29, 1.82) is 0 Å². The number of hydrogen-bond donors (Lipinski definition) is 2. The second kappa shape index (κ2) is 10.2. The fourth-order valence-electron chi connectivity index (χ4n) is 5.03. The van der Waals surface area contributed by atoms with Gasteiger partial charge in [0.15, 0.2) is 17.5 Å². The SMILES string of the molecule is CCNC(=NCC1(c2ccc(OC)c(OC)c2)CCCCC1)NC1CCc2ncnn2C1. The summed E-state index contributed by atoms with van der Waals surface area (Å²) in [6, 6.07) is 6.66. The zero-order chi connectivity index (χ0) is 22.4. The highest BCUT2D eigenvalue weighted by molar-refractivity contribution is 5.80. The predicted octanol–water partition coefficient (Wildman–Crippen LogP) is 3.07. The smallest absolute Gasteiger partial charge is 0.191 e. The molecule has 32 heavy (non-hydrogen) atoms. The van der Waals surface area contributed by atoms with Gasteiger partial charge < -0.3 is 20.1 Å². The number of rotatable bonds is 7. The van der Waals surface area contributed by atoms with Crippen molar-refractivity contribution >= 4 is 5.96 Å². The molecule has 2 aliphatic rings. The molecule has 8 nitrogen and oxygen atoms in total. The van der Waals surface area contributed by atoms with Crippen LogP contribution in [0.1, 0.15) is 56.8 Å². The third-order valence-corrected chi connectivity index (χ3v) is 6.84. The summed E-state index contributed by atoms with van der Waals surface area (Å²) in [6.07, 6.45) is 9.63. The van der Waals surface area contributed by atoms with E-state index in [1.165, 1.54) is 24.8 Å². The molecule has 8 heteroatoms.